The van der Waals surface area contributed by atoms with E-state index < -0.39 is 32.4 Å². The standard InChI is InChI=1S/C21H16P.C13H9.2FH.Zr/c1-3-11-19(12-4-1)22(20-13-5-2-6-14-20)21-15-17-9-7-8-10-18(17)16-21;1-3-7-12-10(5-1)9-11-6-2-4-8-13(11)12;;;/h1-16H;1-5,7-8H,9H2;2*1H;/q2*-1;;;+4/p-2. The summed E-state index contributed by atoms with van der Waals surface area (Å²) in [6, 6.07) is 53.1. The summed E-state index contributed by atoms with van der Waals surface area (Å²) in [6.07, 6.45) is 1.05. The Morgan fingerprint density at radius 1 is 0.658 bits per heavy atom. The second-order valence-electron chi connectivity index (χ2n) is 8.82. The molecule has 0 nitrogen and oxygen atoms in total. The van der Waals surface area contributed by atoms with Gasteiger partial charge in [0.05, 0.1) is 0 Å². The van der Waals surface area contributed by atoms with Crippen molar-refractivity contribution in [1.29, 1.82) is 0 Å². The summed E-state index contributed by atoms with van der Waals surface area (Å²) in [6.45, 7) is 0. The van der Waals surface area contributed by atoms with Crippen molar-refractivity contribution in [3.8, 4) is 11.1 Å². The second kappa shape index (κ2) is 13.1. The maximum Gasteiger partial charge on any atom is -0.0166 e. The third kappa shape index (κ3) is 6.12. The molecule has 0 fully saturated rings. The van der Waals surface area contributed by atoms with Gasteiger partial charge in [0.1, 0.15) is 0 Å². The Hall–Kier alpha value is -3.12. The molecule has 6 aromatic carbocycles. The molecule has 4 heteroatoms. The molecule has 0 aromatic heterocycles. The SMILES string of the molecule is [F][Zr+2][F].[c-]1cccc2c1Cc1ccccc1-2.c1ccc(P(c2ccccc2)c2cc3ccccc3[cH-]2)cc1. The first-order valence-electron chi connectivity index (χ1n) is 12.4. The molecular formula is C34H25F2PZr. The quantitative estimate of drug-likeness (QED) is 0.143. The van der Waals surface area contributed by atoms with Crippen LogP contribution in [-0.4, -0.2) is 0 Å². The number of halogens is 2. The molecule has 0 saturated carbocycles. The van der Waals surface area contributed by atoms with Crippen LogP contribution in [0.1, 0.15) is 11.1 Å². The van der Waals surface area contributed by atoms with Crippen LogP contribution in [0, 0.1) is 6.07 Å². The Bertz CT molecular complexity index is 1480. The van der Waals surface area contributed by atoms with Gasteiger partial charge >= 0.3 is 29.7 Å². The average Bonchev–Trinajstić information content (AvgIpc) is 3.57. The van der Waals surface area contributed by atoms with E-state index in [0.29, 0.717) is 0 Å². The van der Waals surface area contributed by atoms with Gasteiger partial charge in [-0.15, -0.1) is 45.9 Å². The van der Waals surface area contributed by atoms with Gasteiger partial charge in [0.15, 0.2) is 0 Å². The van der Waals surface area contributed by atoms with Crippen LogP contribution < -0.4 is 15.9 Å². The summed E-state index contributed by atoms with van der Waals surface area (Å²) in [5.41, 5.74) is 5.51. The zero-order valence-electron chi connectivity index (χ0n) is 20.7. The third-order valence-electron chi connectivity index (χ3n) is 6.51. The Kier molecular flexibility index (Phi) is 9.13. The van der Waals surface area contributed by atoms with Crippen LogP contribution in [0.15, 0.2) is 140 Å². The fourth-order valence-corrected chi connectivity index (χ4v) is 7.23. The fraction of sp³-hybridized carbons (Fsp3) is 0.0294. The van der Waals surface area contributed by atoms with Gasteiger partial charge in [-0.3, -0.25) is 0 Å². The van der Waals surface area contributed by atoms with E-state index >= 15 is 0 Å². The third-order valence-corrected chi connectivity index (χ3v) is 8.91. The number of hydrogen-bond acceptors (Lipinski definition) is 0. The van der Waals surface area contributed by atoms with Crippen molar-refractivity contribution in [1.82, 2.24) is 0 Å². The predicted molar refractivity (Wildman–Crippen MR) is 154 cm³/mol. The first kappa shape index (κ1) is 26.5. The Labute approximate surface area is 237 Å². The summed E-state index contributed by atoms with van der Waals surface area (Å²) >= 11 is -2.77. The van der Waals surface area contributed by atoms with Crippen LogP contribution >= 0.6 is 7.92 Å². The van der Waals surface area contributed by atoms with Gasteiger partial charge < -0.3 is 0 Å². The van der Waals surface area contributed by atoms with Crippen LogP contribution in [-0.2, 0) is 30.9 Å². The van der Waals surface area contributed by atoms with E-state index in [1.165, 1.54) is 48.9 Å². The van der Waals surface area contributed by atoms with Gasteiger partial charge in [-0.25, -0.2) is 0 Å². The minimum Gasteiger partial charge on any atom is -0.179 e. The molecular weight excluding hydrogens is 569 g/mol. The van der Waals surface area contributed by atoms with Crippen LogP contribution in [0.2, 0.25) is 0 Å². The number of hydrogen-bond donors (Lipinski definition) is 0. The smallest absolute Gasteiger partial charge is 0.0166 e. The summed E-state index contributed by atoms with van der Waals surface area (Å²) in [5, 5.41) is 6.89. The number of fused-ring (bicyclic) bond motifs is 4. The van der Waals surface area contributed by atoms with Crippen molar-refractivity contribution in [3.05, 3.63) is 157 Å². The number of rotatable bonds is 3. The molecule has 0 saturated heterocycles. The molecule has 1 aliphatic rings. The summed E-state index contributed by atoms with van der Waals surface area (Å²) in [7, 11) is -0.493. The monoisotopic (exact) mass is 592 g/mol. The fourth-order valence-electron chi connectivity index (χ4n) is 4.86. The Morgan fingerprint density at radius 2 is 1.24 bits per heavy atom. The van der Waals surface area contributed by atoms with Gasteiger partial charge in [0.2, 0.25) is 0 Å². The molecule has 1 aliphatic carbocycles. The minimum absolute atomic E-state index is 0.493. The molecule has 0 N–H and O–H groups in total. The molecule has 0 atom stereocenters. The molecule has 0 heterocycles. The van der Waals surface area contributed by atoms with E-state index in [0.717, 1.165) is 6.42 Å². The van der Waals surface area contributed by atoms with Crippen molar-refractivity contribution >= 4 is 34.6 Å². The van der Waals surface area contributed by atoms with Crippen LogP contribution in [0.4, 0.5) is 5.25 Å². The summed E-state index contributed by atoms with van der Waals surface area (Å²) < 4.78 is 19.6. The van der Waals surface area contributed by atoms with E-state index in [2.05, 4.69) is 140 Å². The zero-order valence-corrected chi connectivity index (χ0v) is 24.0. The summed E-state index contributed by atoms with van der Waals surface area (Å²) in [4.78, 5) is 0. The molecule has 0 aliphatic heterocycles. The molecule has 0 unspecified atom stereocenters. The Balaban J connectivity index is 0.000000155. The molecule has 0 spiro atoms. The predicted octanol–water partition coefficient (Wildman–Crippen LogP) is 8.21. The topological polar surface area (TPSA) is 0 Å². The Morgan fingerprint density at radius 3 is 1.92 bits per heavy atom. The van der Waals surface area contributed by atoms with Crippen molar-refractivity contribution in [2.45, 2.75) is 6.42 Å². The second-order valence-corrected chi connectivity index (χ2v) is 11.4. The molecule has 0 amide bonds. The van der Waals surface area contributed by atoms with E-state index in [1.807, 2.05) is 6.07 Å². The van der Waals surface area contributed by atoms with Gasteiger partial charge in [0, 0.05) is 0 Å². The van der Waals surface area contributed by atoms with Gasteiger partial charge in [-0.05, 0) is 25.0 Å². The molecule has 184 valence electrons. The normalized spacial score (nSPS) is 10.9. The van der Waals surface area contributed by atoms with Crippen molar-refractivity contribution in [3.63, 3.8) is 0 Å². The summed E-state index contributed by atoms with van der Waals surface area (Å²) in [5.74, 6) is 0. The van der Waals surface area contributed by atoms with Crippen LogP contribution in [0.5, 0.6) is 0 Å². The van der Waals surface area contributed by atoms with E-state index in [9.17, 15) is 5.25 Å². The minimum atomic E-state index is -2.77. The van der Waals surface area contributed by atoms with Crippen molar-refractivity contribution < 1.29 is 29.7 Å². The first-order chi connectivity index (χ1) is 18.8. The van der Waals surface area contributed by atoms with Gasteiger partial charge in [0.25, 0.3) is 0 Å². The average molecular weight is 594 g/mol. The van der Waals surface area contributed by atoms with Gasteiger partial charge in [-0.2, -0.15) is 35.9 Å². The maximum absolute atomic E-state index is 9.80. The number of benzene rings is 5. The van der Waals surface area contributed by atoms with Crippen LogP contribution in [0.3, 0.4) is 0 Å². The molecule has 0 bridgehead atoms. The van der Waals surface area contributed by atoms with E-state index in [-0.39, 0.29) is 0 Å². The molecule has 0 radical (unpaired) electrons. The van der Waals surface area contributed by atoms with E-state index in [4.69, 9.17) is 0 Å². The van der Waals surface area contributed by atoms with Gasteiger partial charge in [-0.1, -0.05) is 102 Å². The first-order valence-corrected chi connectivity index (χ1v) is 15.6. The van der Waals surface area contributed by atoms with E-state index in [1.54, 1.807) is 0 Å². The molecule has 6 aromatic rings. The van der Waals surface area contributed by atoms with Crippen molar-refractivity contribution in [2.75, 3.05) is 0 Å². The van der Waals surface area contributed by atoms with Crippen molar-refractivity contribution in [2.24, 2.45) is 0 Å². The van der Waals surface area contributed by atoms with Crippen LogP contribution in [0.25, 0.3) is 21.9 Å². The largest absolute Gasteiger partial charge is 0.179 e. The zero-order chi connectivity index (χ0) is 26.2. The molecule has 38 heavy (non-hydrogen) atoms. The molecule has 7 rings (SSSR count). The maximum atomic E-state index is 9.80.